The summed E-state index contributed by atoms with van der Waals surface area (Å²) in [5.74, 6) is -6.53. The highest BCUT2D eigenvalue weighted by Crippen LogP contribution is 2.65. The number of aliphatic hydroxyl groups is 1. The molecule has 0 unspecified atom stereocenters. The number of halogens is 3. The van der Waals surface area contributed by atoms with Crippen LogP contribution in [-0.2, 0) is 23.9 Å². The fourth-order valence-corrected chi connectivity index (χ4v) is 7.27. The molecule has 0 bridgehead atoms. The molecule has 11 heteroatoms. The predicted molar refractivity (Wildman–Crippen MR) is 161 cm³/mol. The first-order valence-electron chi connectivity index (χ1n) is 15.2. The molecule has 2 saturated carbocycles. The molecule has 244 valence electrons. The van der Waals surface area contributed by atoms with Crippen LogP contribution in [0.2, 0.25) is 0 Å². The Kier molecular flexibility index (Phi) is 9.01. The Hall–Kier alpha value is -4.25. The summed E-state index contributed by atoms with van der Waals surface area (Å²) in [5.41, 5.74) is -4.14. The van der Waals surface area contributed by atoms with Gasteiger partial charge in [-0.25, -0.2) is 9.59 Å². The van der Waals surface area contributed by atoms with Gasteiger partial charge in [-0.15, -0.1) is 0 Å². The second-order valence-electron chi connectivity index (χ2n) is 12.2. The zero-order valence-electron chi connectivity index (χ0n) is 25.8. The van der Waals surface area contributed by atoms with Gasteiger partial charge in [-0.05, 0) is 60.8 Å². The van der Waals surface area contributed by atoms with E-state index in [1.54, 1.807) is 72.8 Å². The summed E-state index contributed by atoms with van der Waals surface area (Å²) in [6.07, 6.45) is -4.64. The fraction of sp³-hybridized carbons (Fsp3) is 0.429. The maximum Gasteiger partial charge on any atom is 0.471 e. The molecule has 3 atom stereocenters. The quantitative estimate of drug-likeness (QED) is 0.197. The number of fused-ring (bicyclic) bond motifs is 1. The molecule has 2 aliphatic carbocycles. The molecule has 0 spiro atoms. The molecule has 0 aliphatic heterocycles. The number of ketones is 1. The molecule has 0 heterocycles. The van der Waals surface area contributed by atoms with Gasteiger partial charge < -0.3 is 19.5 Å². The zero-order chi connectivity index (χ0) is 33.4. The second kappa shape index (κ2) is 12.5. The Bertz CT molecular complexity index is 1620. The van der Waals surface area contributed by atoms with E-state index >= 15 is 0 Å². The van der Waals surface area contributed by atoms with E-state index in [1.165, 1.54) is 6.92 Å². The van der Waals surface area contributed by atoms with Crippen LogP contribution in [0, 0.1) is 17.3 Å². The van der Waals surface area contributed by atoms with Crippen LogP contribution in [0.1, 0.15) is 61.0 Å². The molecular weight excluding hydrogens is 603 g/mol. The highest BCUT2D eigenvalue weighted by atomic mass is 19.4. The van der Waals surface area contributed by atoms with Gasteiger partial charge in [0.25, 0.3) is 0 Å². The maximum atomic E-state index is 14.5. The summed E-state index contributed by atoms with van der Waals surface area (Å²) in [5, 5.41) is 13.9. The summed E-state index contributed by atoms with van der Waals surface area (Å²) >= 11 is 0. The number of Topliss-reactive ketones (excluding diaryl/α,β-unsaturated/α-hetero) is 1. The zero-order valence-corrected chi connectivity index (χ0v) is 25.8. The number of alkyl halides is 3. The molecule has 3 aromatic rings. The molecule has 8 nitrogen and oxygen atoms in total. The van der Waals surface area contributed by atoms with Crippen molar-refractivity contribution >= 4 is 34.4 Å². The summed E-state index contributed by atoms with van der Waals surface area (Å²) < 4.78 is 53.2. The highest BCUT2D eigenvalue weighted by Gasteiger charge is 2.72. The van der Waals surface area contributed by atoms with Gasteiger partial charge in [-0.3, -0.25) is 9.59 Å². The smallest absolute Gasteiger partial charge is 0.467 e. The van der Waals surface area contributed by atoms with Gasteiger partial charge in [-0.2, -0.15) is 13.2 Å². The van der Waals surface area contributed by atoms with Crippen LogP contribution in [0.5, 0.6) is 0 Å². The normalized spacial score (nSPS) is 17.8. The van der Waals surface area contributed by atoms with Gasteiger partial charge in [-0.1, -0.05) is 72.8 Å². The number of methoxy groups -OCH3 is 2. The third-order valence-corrected chi connectivity index (χ3v) is 9.53. The van der Waals surface area contributed by atoms with Crippen molar-refractivity contribution in [3.8, 4) is 0 Å². The van der Waals surface area contributed by atoms with Crippen molar-refractivity contribution in [3.63, 3.8) is 0 Å². The summed E-state index contributed by atoms with van der Waals surface area (Å²) in [4.78, 5) is 55.6. The highest BCUT2D eigenvalue weighted by molar-refractivity contribution is 6.06. The van der Waals surface area contributed by atoms with Crippen molar-refractivity contribution in [1.29, 1.82) is 0 Å². The van der Waals surface area contributed by atoms with Crippen molar-refractivity contribution in [3.05, 3.63) is 83.9 Å². The Morgan fingerprint density at radius 1 is 0.848 bits per heavy atom. The van der Waals surface area contributed by atoms with Crippen molar-refractivity contribution in [2.45, 2.75) is 62.9 Å². The standard InChI is InChI=1S/C35H36F3NO7/c1-21(26-15-9-13-22-10-7-8-14-27(22)26)39(31(42)35(36,37)38)28(30(41)45-2)20-33(44,32(43)46-3)34(24-16-17-24,25-18-19-25)29(40)23-11-5-4-6-12-23/h4-15,21,24-25,28,44H,16-20H2,1-3H3/t21-,28+,33+/m1/s1. The first-order chi connectivity index (χ1) is 21.8. The van der Waals surface area contributed by atoms with Crippen molar-refractivity contribution in [2.24, 2.45) is 17.3 Å². The lowest BCUT2D eigenvalue weighted by atomic mass is 9.58. The molecule has 0 radical (unpaired) electrons. The van der Waals surface area contributed by atoms with Crippen molar-refractivity contribution < 1.29 is 46.9 Å². The van der Waals surface area contributed by atoms with Crippen LogP contribution in [0.4, 0.5) is 13.2 Å². The summed E-state index contributed by atoms with van der Waals surface area (Å²) in [7, 11) is 1.94. The molecule has 1 amide bonds. The number of ether oxygens (including phenoxy) is 2. The van der Waals surface area contributed by atoms with Gasteiger partial charge in [0, 0.05) is 12.0 Å². The first kappa shape index (κ1) is 33.1. The van der Waals surface area contributed by atoms with E-state index in [4.69, 9.17) is 9.47 Å². The lowest BCUT2D eigenvalue weighted by molar-refractivity contribution is -0.200. The number of hydrogen-bond donors (Lipinski definition) is 1. The van der Waals surface area contributed by atoms with E-state index in [0.29, 0.717) is 46.9 Å². The first-order valence-corrected chi connectivity index (χ1v) is 15.2. The van der Waals surface area contributed by atoms with Crippen LogP contribution in [0.15, 0.2) is 72.8 Å². The van der Waals surface area contributed by atoms with Crippen LogP contribution in [0.3, 0.4) is 0 Å². The number of benzene rings is 3. The lowest BCUT2D eigenvalue weighted by Crippen LogP contribution is -2.65. The van der Waals surface area contributed by atoms with Gasteiger partial charge in [0.15, 0.2) is 11.4 Å². The molecule has 0 saturated heterocycles. The third-order valence-electron chi connectivity index (χ3n) is 9.53. The van der Waals surface area contributed by atoms with Gasteiger partial charge in [0.05, 0.1) is 25.7 Å². The fourth-order valence-electron chi connectivity index (χ4n) is 7.27. The van der Waals surface area contributed by atoms with Crippen molar-refractivity contribution in [1.82, 2.24) is 4.90 Å². The van der Waals surface area contributed by atoms with Crippen LogP contribution >= 0.6 is 0 Å². The summed E-state index contributed by atoms with van der Waals surface area (Å²) in [6, 6.07) is 16.3. The van der Waals surface area contributed by atoms with E-state index in [2.05, 4.69) is 0 Å². The largest absolute Gasteiger partial charge is 0.471 e. The SMILES string of the molecule is COC(=O)[C@H](C[C@](O)(C(=O)OC)C(C(=O)c1ccccc1)(C1CC1)C1CC1)N(C(=O)C(F)(F)F)[C@H](C)c1cccc2ccccc12. The minimum absolute atomic E-state index is 0.200. The van der Waals surface area contributed by atoms with E-state index in [0.717, 1.165) is 14.2 Å². The number of carbonyl (C=O) groups excluding carboxylic acids is 4. The Morgan fingerprint density at radius 2 is 1.41 bits per heavy atom. The summed E-state index contributed by atoms with van der Waals surface area (Å²) in [6.45, 7) is 1.34. The Balaban J connectivity index is 1.72. The second-order valence-corrected chi connectivity index (χ2v) is 12.2. The van der Waals surface area contributed by atoms with Crippen LogP contribution < -0.4 is 0 Å². The molecule has 0 aromatic heterocycles. The minimum atomic E-state index is -5.45. The molecule has 46 heavy (non-hydrogen) atoms. The number of carbonyl (C=O) groups is 4. The van der Waals surface area contributed by atoms with Crippen molar-refractivity contribution in [2.75, 3.05) is 14.2 Å². The van der Waals surface area contributed by atoms with Gasteiger partial charge >= 0.3 is 24.0 Å². The van der Waals surface area contributed by atoms with E-state index in [1.807, 2.05) is 0 Å². The molecule has 2 fully saturated rings. The molecule has 5 rings (SSSR count). The number of hydrogen-bond acceptors (Lipinski definition) is 7. The van der Waals surface area contributed by atoms with E-state index < -0.39 is 71.2 Å². The van der Waals surface area contributed by atoms with E-state index in [9.17, 15) is 37.5 Å². The lowest BCUT2D eigenvalue weighted by Gasteiger charge is -2.48. The molecule has 3 aromatic carbocycles. The van der Waals surface area contributed by atoms with Gasteiger partial charge in [0.1, 0.15) is 6.04 Å². The number of esters is 2. The maximum absolute atomic E-state index is 14.5. The average molecular weight is 640 g/mol. The minimum Gasteiger partial charge on any atom is -0.467 e. The topological polar surface area (TPSA) is 110 Å². The third kappa shape index (κ3) is 5.65. The Morgan fingerprint density at radius 3 is 1.96 bits per heavy atom. The van der Waals surface area contributed by atoms with Gasteiger partial charge in [0.2, 0.25) is 0 Å². The average Bonchev–Trinajstić information content (AvgIpc) is 3.99. The Labute approximate surface area is 264 Å². The molecule has 2 aliphatic rings. The monoisotopic (exact) mass is 639 g/mol. The molecular formula is C35H36F3NO7. The van der Waals surface area contributed by atoms with Crippen LogP contribution in [0.25, 0.3) is 10.8 Å². The van der Waals surface area contributed by atoms with Crippen LogP contribution in [-0.4, -0.2) is 65.7 Å². The predicted octanol–water partition coefficient (Wildman–Crippen LogP) is 5.82. The van der Waals surface area contributed by atoms with E-state index in [-0.39, 0.29) is 5.56 Å². The molecule has 1 N–H and O–H groups in total. The number of amides is 1. The number of nitrogens with zero attached hydrogens (tertiary/aromatic N) is 1. The number of rotatable bonds is 12.